The van der Waals surface area contributed by atoms with Gasteiger partial charge in [-0.2, -0.15) is 0 Å². The molecule has 0 amide bonds. The van der Waals surface area contributed by atoms with Crippen LogP contribution in [0.5, 0.6) is 0 Å². The summed E-state index contributed by atoms with van der Waals surface area (Å²) in [5.74, 6) is 3.65. The van der Waals surface area contributed by atoms with E-state index in [0.29, 0.717) is 0 Å². The Morgan fingerprint density at radius 2 is 1.91 bits per heavy atom. The van der Waals surface area contributed by atoms with E-state index in [1.54, 1.807) is 28.6 Å². The highest BCUT2D eigenvalue weighted by molar-refractivity contribution is 8.03. The standard InChI is InChI=1S/C6H11NO2S2/c1-6(8)9-7-4-10-2-3-11-5-7/h2-5H2,1H3. The van der Waals surface area contributed by atoms with Gasteiger partial charge >= 0.3 is 5.97 Å². The second-order valence-corrected chi connectivity index (χ2v) is 4.29. The second-order valence-electron chi connectivity index (χ2n) is 2.14. The first-order chi connectivity index (χ1) is 5.29. The van der Waals surface area contributed by atoms with E-state index >= 15 is 0 Å². The summed E-state index contributed by atoms with van der Waals surface area (Å²) in [4.78, 5) is 15.5. The van der Waals surface area contributed by atoms with E-state index in [0.717, 1.165) is 23.3 Å². The molecule has 1 saturated heterocycles. The molecule has 0 saturated carbocycles. The molecule has 0 aliphatic carbocycles. The first-order valence-corrected chi connectivity index (χ1v) is 5.69. The van der Waals surface area contributed by atoms with Crippen molar-refractivity contribution >= 4 is 29.5 Å². The summed E-state index contributed by atoms with van der Waals surface area (Å²) in [7, 11) is 0. The van der Waals surface area contributed by atoms with Crippen molar-refractivity contribution < 1.29 is 9.63 Å². The average molecular weight is 193 g/mol. The fraction of sp³-hybridized carbons (Fsp3) is 0.833. The summed E-state index contributed by atoms with van der Waals surface area (Å²) in [5.41, 5.74) is 0. The van der Waals surface area contributed by atoms with Crippen molar-refractivity contribution in [3.05, 3.63) is 0 Å². The molecule has 0 atom stereocenters. The van der Waals surface area contributed by atoms with E-state index in [1.165, 1.54) is 6.92 Å². The Hall–Kier alpha value is 0.130. The summed E-state index contributed by atoms with van der Waals surface area (Å²) in [6.07, 6.45) is 0. The SMILES string of the molecule is CC(=O)ON1CSCCSC1. The van der Waals surface area contributed by atoms with Crippen molar-refractivity contribution in [3.63, 3.8) is 0 Å². The first-order valence-electron chi connectivity index (χ1n) is 3.38. The molecule has 1 heterocycles. The molecule has 64 valence electrons. The van der Waals surface area contributed by atoms with Gasteiger partial charge in [0.25, 0.3) is 0 Å². The van der Waals surface area contributed by atoms with Gasteiger partial charge < -0.3 is 4.84 Å². The Kier molecular flexibility index (Phi) is 4.11. The number of carbonyl (C=O) groups excluding carboxylic acids is 1. The second kappa shape index (κ2) is 4.90. The van der Waals surface area contributed by atoms with Crippen LogP contribution >= 0.6 is 23.5 Å². The van der Waals surface area contributed by atoms with E-state index in [2.05, 4.69) is 0 Å². The molecular weight excluding hydrogens is 182 g/mol. The molecule has 0 aromatic heterocycles. The molecule has 0 aromatic carbocycles. The maximum absolute atomic E-state index is 10.5. The minimum absolute atomic E-state index is 0.229. The minimum Gasteiger partial charge on any atom is -0.367 e. The summed E-state index contributed by atoms with van der Waals surface area (Å²) < 4.78 is 0. The molecular formula is C6H11NO2S2. The number of rotatable bonds is 1. The largest absolute Gasteiger partial charge is 0.367 e. The topological polar surface area (TPSA) is 29.5 Å². The Bertz CT molecular complexity index is 135. The molecule has 5 heteroatoms. The monoisotopic (exact) mass is 193 g/mol. The third-order valence-corrected chi connectivity index (χ3v) is 3.29. The van der Waals surface area contributed by atoms with Gasteiger partial charge in [-0.1, -0.05) is 0 Å². The molecule has 1 aliphatic rings. The van der Waals surface area contributed by atoms with Gasteiger partial charge in [0.05, 0.1) is 11.8 Å². The lowest BCUT2D eigenvalue weighted by atomic mass is 10.8. The van der Waals surface area contributed by atoms with Crippen LogP contribution < -0.4 is 0 Å². The molecule has 11 heavy (non-hydrogen) atoms. The van der Waals surface area contributed by atoms with Crippen molar-refractivity contribution in [3.8, 4) is 0 Å². The molecule has 0 bridgehead atoms. The normalized spacial score (nSPS) is 20.8. The molecule has 0 aromatic rings. The van der Waals surface area contributed by atoms with E-state index in [-0.39, 0.29) is 5.97 Å². The smallest absolute Gasteiger partial charge is 0.322 e. The van der Waals surface area contributed by atoms with Crippen molar-refractivity contribution in [1.82, 2.24) is 5.06 Å². The van der Waals surface area contributed by atoms with Gasteiger partial charge in [-0.15, -0.1) is 28.6 Å². The zero-order valence-corrected chi connectivity index (χ0v) is 8.04. The van der Waals surface area contributed by atoms with E-state index in [1.807, 2.05) is 0 Å². The highest BCUT2D eigenvalue weighted by Crippen LogP contribution is 2.16. The van der Waals surface area contributed by atoms with Gasteiger partial charge in [-0.25, -0.2) is 0 Å². The molecule has 0 N–H and O–H groups in total. The minimum atomic E-state index is -0.229. The van der Waals surface area contributed by atoms with Crippen LogP contribution in [0.3, 0.4) is 0 Å². The maximum atomic E-state index is 10.5. The zero-order valence-electron chi connectivity index (χ0n) is 6.41. The predicted molar refractivity (Wildman–Crippen MR) is 48.3 cm³/mol. The van der Waals surface area contributed by atoms with E-state index in [4.69, 9.17) is 4.84 Å². The molecule has 0 radical (unpaired) electrons. The number of hydrogen-bond acceptors (Lipinski definition) is 5. The van der Waals surface area contributed by atoms with E-state index in [9.17, 15) is 4.79 Å². The van der Waals surface area contributed by atoms with Crippen LogP contribution in [0.1, 0.15) is 6.92 Å². The Morgan fingerprint density at radius 1 is 1.36 bits per heavy atom. The zero-order chi connectivity index (χ0) is 8.10. The molecule has 1 rings (SSSR count). The lowest BCUT2D eigenvalue weighted by molar-refractivity contribution is -0.178. The van der Waals surface area contributed by atoms with Gasteiger partial charge in [0.2, 0.25) is 0 Å². The van der Waals surface area contributed by atoms with Gasteiger partial charge in [-0.05, 0) is 0 Å². The lowest BCUT2D eigenvalue weighted by Crippen LogP contribution is -2.24. The maximum Gasteiger partial charge on any atom is 0.322 e. The Morgan fingerprint density at radius 3 is 2.36 bits per heavy atom. The third kappa shape index (κ3) is 3.88. The van der Waals surface area contributed by atoms with Gasteiger partial charge in [-0.3, -0.25) is 4.79 Å². The Labute approximate surface area is 74.8 Å². The van der Waals surface area contributed by atoms with Crippen LogP contribution in [0.4, 0.5) is 0 Å². The summed E-state index contributed by atoms with van der Waals surface area (Å²) in [5, 5.41) is 1.70. The number of hydroxylamine groups is 2. The number of hydrogen-bond donors (Lipinski definition) is 0. The van der Waals surface area contributed by atoms with Crippen LogP contribution in [0.25, 0.3) is 0 Å². The Balaban J connectivity index is 2.25. The molecule has 0 spiro atoms. The summed E-state index contributed by atoms with van der Waals surface area (Å²) >= 11 is 3.59. The predicted octanol–water partition coefficient (Wildman–Crippen LogP) is 1.16. The summed E-state index contributed by atoms with van der Waals surface area (Å²) in [6, 6.07) is 0. The quantitative estimate of drug-likeness (QED) is 0.623. The van der Waals surface area contributed by atoms with Crippen molar-refractivity contribution in [2.24, 2.45) is 0 Å². The highest BCUT2D eigenvalue weighted by atomic mass is 32.2. The van der Waals surface area contributed by atoms with E-state index < -0.39 is 0 Å². The van der Waals surface area contributed by atoms with Crippen LogP contribution in [0, 0.1) is 0 Å². The molecule has 0 unspecified atom stereocenters. The average Bonchev–Trinajstić information content (AvgIpc) is 2.14. The van der Waals surface area contributed by atoms with Crippen LogP contribution in [-0.2, 0) is 9.63 Å². The molecule has 3 nitrogen and oxygen atoms in total. The third-order valence-electron chi connectivity index (χ3n) is 1.10. The fourth-order valence-corrected chi connectivity index (χ4v) is 2.73. The first kappa shape index (κ1) is 9.22. The van der Waals surface area contributed by atoms with Crippen LogP contribution in [-0.4, -0.2) is 34.3 Å². The fourth-order valence-electron chi connectivity index (χ4n) is 0.722. The van der Waals surface area contributed by atoms with Gasteiger partial charge in [0.1, 0.15) is 0 Å². The van der Waals surface area contributed by atoms with Gasteiger partial charge in [0.15, 0.2) is 0 Å². The number of carbonyl (C=O) groups is 1. The van der Waals surface area contributed by atoms with Crippen molar-refractivity contribution in [2.45, 2.75) is 6.92 Å². The number of thioether (sulfide) groups is 2. The molecule has 1 fully saturated rings. The summed E-state index contributed by atoms with van der Waals surface area (Å²) in [6.45, 7) is 1.43. The van der Waals surface area contributed by atoms with Gasteiger partial charge in [0, 0.05) is 18.4 Å². The molecule has 1 aliphatic heterocycles. The highest BCUT2D eigenvalue weighted by Gasteiger charge is 2.11. The number of nitrogens with zero attached hydrogens (tertiary/aromatic N) is 1. The van der Waals surface area contributed by atoms with Crippen LogP contribution in [0.2, 0.25) is 0 Å². The van der Waals surface area contributed by atoms with Crippen molar-refractivity contribution in [2.75, 3.05) is 23.3 Å². The van der Waals surface area contributed by atoms with Crippen molar-refractivity contribution in [1.29, 1.82) is 0 Å². The lowest BCUT2D eigenvalue weighted by Gasteiger charge is -2.15. The van der Waals surface area contributed by atoms with Crippen LogP contribution in [0.15, 0.2) is 0 Å².